The van der Waals surface area contributed by atoms with Crippen molar-refractivity contribution in [3.8, 4) is 16.9 Å². The number of aliphatic hydroxyl groups is 2. The van der Waals surface area contributed by atoms with Crippen LogP contribution in [-0.4, -0.2) is 51.4 Å². The molecule has 25 heavy (non-hydrogen) atoms. The van der Waals surface area contributed by atoms with Crippen molar-refractivity contribution in [3.63, 3.8) is 0 Å². The van der Waals surface area contributed by atoms with Crippen LogP contribution in [-0.2, 0) is 0 Å². The third-order valence-electron chi connectivity index (χ3n) is 4.83. The molecule has 1 unspecified atom stereocenters. The Morgan fingerprint density at radius 3 is 2.16 bits per heavy atom. The third-order valence-corrected chi connectivity index (χ3v) is 4.83. The number of likely N-dealkylation sites (tertiary alicyclic amines) is 1. The van der Waals surface area contributed by atoms with E-state index in [0.717, 1.165) is 11.1 Å². The van der Waals surface area contributed by atoms with Crippen LogP contribution in [0.15, 0.2) is 48.5 Å². The van der Waals surface area contributed by atoms with Gasteiger partial charge in [0, 0.05) is 18.7 Å². The Hall–Kier alpha value is -2.37. The first-order valence-electron chi connectivity index (χ1n) is 8.53. The van der Waals surface area contributed by atoms with E-state index in [0.29, 0.717) is 37.9 Å². The number of aliphatic hydroxyl groups excluding tert-OH is 1. The lowest BCUT2D eigenvalue weighted by atomic mass is 9.96. The molecular formula is C20H23NO4. The van der Waals surface area contributed by atoms with Crippen molar-refractivity contribution in [3.05, 3.63) is 54.1 Å². The maximum atomic E-state index is 12.7. The maximum Gasteiger partial charge on any atom is 0.253 e. The van der Waals surface area contributed by atoms with E-state index in [1.165, 1.54) is 0 Å². The lowest BCUT2D eigenvalue weighted by molar-refractivity contribution is -0.0250. The molecule has 1 atom stereocenters. The van der Waals surface area contributed by atoms with Crippen molar-refractivity contribution in [1.82, 2.24) is 4.90 Å². The van der Waals surface area contributed by atoms with Crippen molar-refractivity contribution < 1.29 is 20.1 Å². The summed E-state index contributed by atoms with van der Waals surface area (Å²) >= 11 is 0. The summed E-state index contributed by atoms with van der Waals surface area (Å²) in [6.45, 7) is 0.757. The Morgan fingerprint density at radius 2 is 1.56 bits per heavy atom. The molecule has 1 saturated heterocycles. The van der Waals surface area contributed by atoms with Gasteiger partial charge in [0.05, 0.1) is 12.2 Å². The first-order chi connectivity index (χ1) is 12.0. The van der Waals surface area contributed by atoms with E-state index in [9.17, 15) is 20.1 Å². The number of rotatable bonds is 3. The molecule has 0 aliphatic carbocycles. The molecule has 5 nitrogen and oxygen atoms in total. The van der Waals surface area contributed by atoms with Crippen molar-refractivity contribution in [2.24, 2.45) is 0 Å². The monoisotopic (exact) mass is 341 g/mol. The van der Waals surface area contributed by atoms with Gasteiger partial charge >= 0.3 is 0 Å². The molecule has 2 aromatic carbocycles. The van der Waals surface area contributed by atoms with Crippen LogP contribution in [0.5, 0.6) is 5.75 Å². The number of carbonyl (C=O) groups excluding carboxylic acids is 1. The molecule has 5 heteroatoms. The topological polar surface area (TPSA) is 81.0 Å². The van der Waals surface area contributed by atoms with E-state index in [2.05, 4.69) is 0 Å². The van der Waals surface area contributed by atoms with Crippen LogP contribution in [0.4, 0.5) is 0 Å². The summed E-state index contributed by atoms with van der Waals surface area (Å²) in [5.41, 5.74) is 1.48. The first kappa shape index (κ1) is 17.5. The summed E-state index contributed by atoms with van der Waals surface area (Å²) in [5, 5.41) is 28.9. The van der Waals surface area contributed by atoms with E-state index < -0.39 is 5.60 Å². The molecule has 1 amide bonds. The standard InChI is InChI=1S/C20H23NO4/c22-14-20(25)10-1-12-21(13-11-20)19(24)17-4-2-15(3-5-17)16-6-8-18(23)9-7-16/h2-9,22-23,25H,1,10-14H2. The Balaban J connectivity index is 1.71. The minimum Gasteiger partial charge on any atom is -0.508 e. The summed E-state index contributed by atoms with van der Waals surface area (Å²) in [4.78, 5) is 14.4. The van der Waals surface area contributed by atoms with Gasteiger partial charge in [0.15, 0.2) is 0 Å². The summed E-state index contributed by atoms with van der Waals surface area (Å²) in [5.74, 6) is 0.166. The van der Waals surface area contributed by atoms with Gasteiger partial charge in [0.2, 0.25) is 0 Å². The van der Waals surface area contributed by atoms with E-state index >= 15 is 0 Å². The fourth-order valence-corrected chi connectivity index (χ4v) is 3.18. The van der Waals surface area contributed by atoms with Crippen molar-refractivity contribution in [2.75, 3.05) is 19.7 Å². The van der Waals surface area contributed by atoms with E-state index in [1.807, 2.05) is 24.3 Å². The highest BCUT2D eigenvalue weighted by atomic mass is 16.3. The summed E-state index contributed by atoms with van der Waals surface area (Å²) in [7, 11) is 0. The average Bonchev–Trinajstić information content (AvgIpc) is 2.84. The van der Waals surface area contributed by atoms with E-state index in [4.69, 9.17) is 0 Å². The van der Waals surface area contributed by atoms with Gasteiger partial charge in [0.1, 0.15) is 5.75 Å². The molecule has 132 valence electrons. The summed E-state index contributed by atoms with van der Waals surface area (Å²) < 4.78 is 0. The van der Waals surface area contributed by atoms with Gasteiger partial charge < -0.3 is 20.2 Å². The van der Waals surface area contributed by atoms with Crippen molar-refractivity contribution >= 4 is 5.91 Å². The van der Waals surface area contributed by atoms with E-state index in [1.54, 1.807) is 29.2 Å². The molecule has 1 aliphatic heterocycles. The van der Waals surface area contributed by atoms with Crippen LogP contribution in [0.25, 0.3) is 11.1 Å². The second kappa shape index (κ2) is 7.25. The predicted molar refractivity (Wildman–Crippen MR) is 95.3 cm³/mol. The highest BCUT2D eigenvalue weighted by molar-refractivity contribution is 5.94. The number of hydrogen-bond donors (Lipinski definition) is 3. The largest absolute Gasteiger partial charge is 0.508 e. The maximum absolute atomic E-state index is 12.7. The van der Waals surface area contributed by atoms with Gasteiger partial charge in [-0.3, -0.25) is 4.79 Å². The smallest absolute Gasteiger partial charge is 0.253 e. The number of phenolic OH excluding ortho intramolecular Hbond substituents is 1. The number of aromatic hydroxyl groups is 1. The van der Waals surface area contributed by atoms with Crippen LogP contribution < -0.4 is 0 Å². The van der Waals surface area contributed by atoms with Crippen LogP contribution in [0, 0.1) is 0 Å². The molecule has 1 fully saturated rings. The number of phenols is 1. The second-order valence-electron chi connectivity index (χ2n) is 6.65. The molecule has 1 heterocycles. The normalized spacial score (nSPS) is 21.0. The number of benzene rings is 2. The zero-order chi connectivity index (χ0) is 17.9. The molecule has 0 radical (unpaired) electrons. The fraction of sp³-hybridized carbons (Fsp3) is 0.350. The zero-order valence-electron chi connectivity index (χ0n) is 14.1. The van der Waals surface area contributed by atoms with Crippen molar-refractivity contribution in [2.45, 2.75) is 24.9 Å². The lowest BCUT2D eigenvalue weighted by Gasteiger charge is -2.24. The van der Waals surface area contributed by atoms with Gasteiger partial charge in [-0.05, 0) is 54.7 Å². The molecular weight excluding hydrogens is 318 g/mol. The zero-order valence-corrected chi connectivity index (χ0v) is 14.1. The Kier molecular flexibility index (Phi) is 5.06. The minimum absolute atomic E-state index is 0.0561. The highest BCUT2D eigenvalue weighted by Crippen LogP contribution is 2.25. The molecule has 0 spiro atoms. The van der Waals surface area contributed by atoms with Crippen LogP contribution >= 0.6 is 0 Å². The fourth-order valence-electron chi connectivity index (χ4n) is 3.18. The van der Waals surface area contributed by atoms with Gasteiger partial charge in [-0.25, -0.2) is 0 Å². The van der Waals surface area contributed by atoms with Crippen LogP contribution in [0.3, 0.4) is 0 Å². The average molecular weight is 341 g/mol. The number of nitrogens with zero attached hydrogens (tertiary/aromatic N) is 1. The Bertz CT molecular complexity index is 726. The third kappa shape index (κ3) is 4.00. The first-order valence-corrected chi connectivity index (χ1v) is 8.53. The molecule has 3 rings (SSSR count). The molecule has 1 aliphatic rings. The van der Waals surface area contributed by atoms with Gasteiger partial charge in [-0.1, -0.05) is 24.3 Å². The second-order valence-corrected chi connectivity index (χ2v) is 6.65. The van der Waals surface area contributed by atoms with Gasteiger partial charge in [0.25, 0.3) is 5.91 Å². The Labute approximate surface area is 147 Å². The Morgan fingerprint density at radius 1 is 0.960 bits per heavy atom. The van der Waals surface area contributed by atoms with Gasteiger partial charge in [-0.2, -0.15) is 0 Å². The quantitative estimate of drug-likeness (QED) is 0.801. The summed E-state index contributed by atoms with van der Waals surface area (Å²) in [6, 6.07) is 14.3. The SMILES string of the molecule is O=C(c1ccc(-c2ccc(O)cc2)cc1)N1CCCC(O)(CO)CC1. The number of amides is 1. The van der Waals surface area contributed by atoms with Crippen molar-refractivity contribution in [1.29, 1.82) is 0 Å². The van der Waals surface area contributed by atoms with Gasteiger partial charge in [-0.15, -0.1) is 0 Å². The summed E-state index contributed by atoms with van der Waals surface area (Å²) in [6.07, 6.45) is 1.57. The predicted octanol–water partition coefficient (Wildman–Crippen LogP) is 2.41. The van der Waals surface area contributed by atoms with Crippen LogP contribution in [0.2, 0.25) is 0 Å². The highest BCUT2D eigenvalue weighted by Gasteiger charge is 2.31. The molecule has 0 bridgehead atoms. The number of carbonyl (C=O) groups is 1. The molecule has 3 N–H and O–H groups in total. The molecule has 2 aromatic rings. The van der Waals surface area contributed by atoms with Crippen LogP contribution in [0.1, 0.15) is 29.6 Å². The van der Waals surface area contributed by atoms with E-state index in [-0.39, 0.29) is 18.3 Å². The number of hydrogen-bond acceptors (Lipinski definition) is 4. The molecule has 0 aromatic heterocycles. The lowest BCUT2D eigenvalue weighted by Crippen LogP contribution is -2.36. The minimum atomic E-state index is -1.07. The molecule has 0 saturated carbocycles.